The lowest BCUT2D eigenvalue weighted by atomic mass is 9.55. The summed E-state index contributed by atoms with van der Waals surface area (Å²) in [5.74, 6) is 0.330. The van der Waals surface area contributed by atoms with Crippen LogP contribution in [0.4, 0.5) is 11.4 Å². The van der Waals surface area contributed by atoms with Gasteiger partial charge in [-0.25, -0.2) is 0 Å². The highest BCUT2D eigenvalue weighted by Gasteiger charge is 2.50. The summed E-state index contributed by atoms with van der Waals surface area (Å²) in [7, 11) is 0. The van der Waals surface area contributed by atoms with Gasteiger partial charge in [-0.15, -0.1) is 0 Å². The summed E-state index contributed by atoms with van der Waals surface area (Å²) in [6.45, 7) is 2.11. The van der Waals surface area contributed by atoms with Crippen LogP contribution in [0.3, 0.4) is 0 Å². The van der Waals surface area contributed by atoms with Gasteiger partial charge < -0.3 is 16.2 Å². The van der Waals surface area contributed by atoms with Gasteiger partial charge in [0.25, 0.3) is 5.91 Å². The molecule has 4 heteroatoms. The number of nitrogens with two attached hydrogens (primary N) is 1. The van der Waals surface area contributed by atoms with Crippen molar-refractivity contribution in [3.05, 3.63) is 95.1 Å². The van der Waals surface area contributed by atoms with Crippen molar-refractivity contribution in [2.75, 3.05) is 11.1 Å². The molecule has 0 bridgehead atoms. The molecule has 4 nitrogen and oxygen atoms in total. The Balaban J connectivity index is 1.51. The number of fused-ring (bicyclic) bond motifs is 3. The van der Waals surface area contributed by atoms with Crippen molar-refractivity contribution in [1.29, 1.82) is 0 Å². The van der Waals surface area contributed by atoms with Crippen LogP contribution in [0.25, 0.3) is 0 Å². The number of carbonyl (C=O) groups excluding carboxylic acids is 1. The van der Waals surface area contributed by atoms with Crippen LogP contribution in [0.1, 0.15) is 72.5 Å². The number of hydrogen-bond acceptors (Lipinski definition) is 3. The van der Waals surface area contributed by atoms with E-state index in [0.29, 0.717) is 17.2 Å². The van der Waals surface area contributed by atoms with Crippen molar-refractivity contribution in [2.24, 2.45) is 5.92 Å². The number of carbonyl (C=O) groups is 1. The first-order chi connectivity index (χ1) is 16.9. The lowest BCUT2D eigenvalue weighted by molar-refractivity contribution is -0.0497. The number of rotatable bonds is 5. The second kappa shape index (κ2) is 9.50. The predicted molar refractivity (Wildman–Crippen MR) is 143 cm³/mol. The average Bonchev–Trinajstić information content (AvgIpc) is 3.02. The summed E-state index contributed by atoms with van der Waals surface area (Å²) in [5.41, 5.74) is 11.3. The Morgan fingerprint density at radius 2 is 1.83 bits per heavy atom. The first-order valence-corrected chi connectivity index (χ1v) is 13.0. The Hall–Kier alpha value is -3.11. The fourth-order valence-electron chi connectivity index (χ4n) is 6.49. The second-order valence-electron chi connectivity index (χ2n) is 10.6. The third-order valence-corrected chi connectivity index (χ3v) is 8.54. The standard InChI is InChI=1S/C31H36N2O2/c1-2-30(35)17-18-31(20-22-7-4-3-5-8-22)25(21-30)10-6-9-23-19-24(11-16-28(23)31)29(34)33-27-14-12-26(32)13-15-27/h3-5,7-8,11-16,19,25,35H,2,6,9-10,17-18,20-21,32H2,1H3,(H,33,34)/t25-,30+,31-/m0/s1. The van der Waals surface area contributed by atoms with Gasteiger partial charge in [-0.2, -0.15) is 0 Å². The lowest BCUT2D eigenvalue weighted by Crippen LogP contribution is -2.48. The van der Waals surface area contributed by atoms with Crippen molar-refractivity contribution >= 4 is 17.3 Å². The Labute approximate surface area is 208 Å². The molecule has 5 rings (SSSR count). The second-order valence-corrected chi connectivity index (χ2v) is 10.6. The summed E-state index contributed by atoms with van der Waals surface area (Å²) in [5, 5.41) is 14.3. The topological polar surface area (TPSA) is 75.3 Å². The largest absolute Gasteiger partial charge is 0.399 e. The van der Waals surface area contributed by atoms with Crippen LogP contribution in [0, 0.1) is 5.92 Å². The maximum atomic E-state index is 13.1. The molecule has 3 atom stereocenters. The van der Waals surface area contributed by atoms with E-state index in [0.717, 1.165) is 57.1 Å². The summed E-state index contributed by atoms with van der Waals surface area (Å²) in [4.78, 5) is 13.1. The van der Waals surface area contributed by atoms with Crippen LogP contribution < -0.4 is 11.1 Å². The minimum absolute atomic E-state index is 0.0133. The van der Waals surface area contributed by atoms with E-state index in [1.165, 1.54) is 16.7 Å². The molecular weight excluding hydrogens is 432 g/mol. The monoisotopic (exact) mass is 468 g/mol. The summed E-state index contributed by atoms with van der Waals surface area (Å²) < 4.78 is 0. The molecule has 0 radical (unpaired) electrons. The summed E-state index contributed by atoms with van der Waals surface area (Å²) in [6, 6.07) is 24.3. The molecule has 0 spiro atoms. The van der Waals surface area contributed by atoms with Gasteiger partial charge in [0.1, 0.15) is 0 Å². The van der Waals surface area contributed by atoms with Crippen molar-refractivity contribution in [3.8, 4) is 0 Å². The van der Waals surface area contributed by atoms with Gasteiger partial charge in [-0.3, -0.25) is 4.79 Å². The van der Waals surface area contributed by atoms with Crippen LogP contribution in [0.2, 0.25) is 0 Å². The Kier molecular flexibility index (Phi) is 6.41. The van der Waals surface area contributed by atoms with Crippen LogP contribution in [0.5, 0.6) is 0 Å². The molecule has 0 aliphatic heterocycles. The molecule has 35 heavy (non-hydrogen) atoms. The molecule has 1 amide bonds. The van der Waals surface area contributed by atoms with Crippen LogP contribution in [-0.2, 0) is 18.3 Å². The first-order valence-electron chi connectivity index (χ1n) is 13.0. The Bertz CT molecular complexity index is 1190. The van der Waals surface area contributed by atoms with Gasteiger partial charge in [0.2, 0.25) is 0 Å². The van der Waals surface area contributed by atoms with E-state index in [1.54, 1.807) is 12.1 Å². The highest BCUT2D eigenvalue weighted by atomic mass is 16.3. The Morgan fingerprint density at radius 1 is 1.06 bits per heavy atom. The molecule has 2 aliphatic carbocycles. The van der Waals surface area contributed by atoms with Crippen LogP contribution in [0.15, 0.2) is 72.8 Å². The zero-order chi connectivity index (χ0) is 24.5. The van der Waals surface area contributed by atoms with Gasteiger partial charge in [0.15, 0.2) is 0 Å². The number of anilines is 2. The quantitative estimate of drug-likeness (QED) is 0.386. The molecular formula is C31H36N2O2. The van der Waals surface area contributed by atoms with E-state index in [9.17, 15) is 9.90 Å². The van der Waals surface area contributed by atoms with Gasteiger partial charge in [0.05, 0.1) is 5.60 Å². The number of amides is 1. The van der Waals surface area contributed by atoms with E-state index in [1.807, 2.05) is 18.2 Å². The average molecular weight is 469 g/mol. The number of nitrogen functional groups attached to an aromatic ring is 1. The van der Waals surface area contributed by atoms with Crippen LogP contribution >= 0.6 is 0 Å². The number of benzene rings is 3. The molecule has 2 aliphatic rings. The maximum absolute atomic E-state index is 13.1. The van der Waals surface area contributed by atoms with Gasteiger partial charge in [-0.05, 0) is 110 Å². The SMILES string of the molecule is CC[C@@]1(O)CC[C@@]2(Cc3ccccc3)c3ccc(C(=O)Nc4ccc(N)cc4)cc3CCC[C@H]2C1. The molecule has 4 N–H and O–H groups in total. The molecule has 182 valence electrons. The molecule has 1 fully saturated rings. The first kappa shape index (κ1) is 23.6. The molecule has 0 saturated heterocycles. The molecule has 1 saturated carbocycles. The highest BCUT2D eigenvalue weighted by Crippen LogP contribution is 2.54. The van der Waals surface area contributed by atoms with Gasteiger partial charge in [0, 0.05) is 22.4 Å². The van der Waals surface area contributed by atoms with E-state index >= 15 is 0 Å². The van der Waals surface area contributed by atoms with Crippen molar-refractivity contribution in [2.45, 2.75) is 69.3 Å². The molecule has 3 aromatic carbocycles. The predicted octanol–water partition coefficient (Wildman–Crippen LogP) is 6.28. The van der Waals surface area contributed by atoms with Crippen molar-refractivity contribution in [1.82, 2.24) is 0 Å². The number of nitrogens with one attached hydrogen (secondary N) is 1. The number of aliphatic hydroxyl groups is 1. The van der Waals surface area contributed by atoms with Gasteiger partial charge in [-0.1, -0.05) is 43.3 Å². The third kappa shape index (κ3) is 4.72. The fraction of sp³-hybridized carbons (Fsp3) is 0.387. The van der Waals surface area contributed by atoms with Crippen molar-refractivity contribution in [3.63, 3.8) is 0 Å². The molecule has 0 aromatic heterocycles. The van der Waals surface area contributed by atoms with E-state index in [-0.39, 0.29) is 11.3 Å². The summed E-state index contributed by atoms with van der Waals surface area (Å²) >= 11 is 0. The lowest BCUT2D eigenvalue weighted by Gasteiger charge is -2.50. The number of hydrogen-bond donors (Lipinski definition) is 3. The van der Waals surface area contributed by atoms with Gasteiger partial charge >= 0.3 is 0 Å². The molecule has 3 aromatic rings. The minimum Gasteiger partial charge on any atom is -0.399 e. The Morgan fingerprint density at radius 3 is 2.57 bits per heavy atom. The fourth-order valence-corrected chi connectivity index (χ4v) is 6.49. The normalized spacial score (nSPS) is 25.7. The van der Waals surface area contributed by atoms with Crippen molar-refractivity contribution < 1.29 is 9.90 Å². The smallest absolute Gasteiger partial charge is 0.255 e. The minimum atomic E-state index is -0.561. The van der Waals surface area contributed by atoms with E-state index < -0.39 is 5.60 Å². The third-order valence-electron chi connectivity index (χ3n) is 8.54. The number of aryl methyl sites for hydroxylation is 1. The molecule has 0 heterocycles. The zero-order valence-electron chi connectivity index (χ0n) is 20.6. The summed E-state index contributed by atoms with van der Waals surface area (Å²) in [6.07, 6.45) is 7.59. The van der Waals surface area contributed by atoms with E-state index in [4.69, 9.17) is 5.73 Å². The highest BCUT2D eigenvalue weighted by molar-refractivity contribution is 6.04. The molecule has 0 unspecified atom stereocenters. The van der Waals surface area contributed by atoms with Crippen LogP contribution in [-0.4, -0.2) is 16.6 Å². The zero-order valence-corrected chi connectivity index (χ0v) is 20.6. The van der Waals surface area contributed by atoms with E-state index in [2.05, 4.69) is 54.7 Å². The maximum Gasteiger partial charge on any atom is 0.255 e.